The molecule has 2 nitrogen and oxygen atoms in total. The van der Waals surface area contributed by atoms with Gasteiger partial charge in [-0.2, -0.15) is 5.26 Å². The van der Waals surface area contributed by atoms with Crippen LogP contribution in [-0.4, -0.2) is 0 Å². The zero-order chi connectivity index (χ0) is 10.3. The maximum Gasteiger partial charge on any atom is 0.104 e. The summed E-state index contributed by atoms with van der Waals surface area (Å²) >= 11 is 1.60. The molecule has 0 fully saturated rings. The standard InChI is InChI=1S/C11H14N2S/c1-6-3-4-9-10(7(6)2)8(5-12)11(13)14-9/h6-7H,3-4,13H2,1-2H3/t6-,7+/m0/s1. The zero-order valence-electron chi connectivity index (χ0n) is 8.50. The Morgan fingerprint density at radius 2 is 2.21 bits per heavy atom. The van der Waals surface area contributed by atoms with Crippen LogP contribution >= 0.6 is 11.3 Å². The second-order valence-electron chi connectivity index (χ2n) is 4.09. The van der Waals surface area contributed by atoms with E-state index in [0.717, 1.165) is 12.0 Å². The molecule has 1 aromatic heterocycles. The highest BCUT2D eigenvalue weighted by molar-refractivity contribution is 7.16. The summed E-state index contributed by atoms with van der Waals surface area (Å²) < 4.78 is 0. The van der Waals surface area contributed by atoms with E-state index in [4.69, 9.17) is 11.0 Å². The number of nitrogens with two attached hydrogens (primary N) is 1. The van der Waals surface area contributed by atoms with E-state index in [-0.39, 0.29) is 0 Å². The highest BCUT2D eigenvalue weighted by atomic mass is 32.1. The minimum Gasteiger partial charge on any atom is -0.389 e. The summed E-state index contributed by atoms with van der Waals surface area (Å²) in [5, 5.41) is 9.75. The molecule has 1 heterocycles. The average molecular weight is 206 g/mol. The molecular formula is C11H14N2S. The quantitative estimate of drug-likeness (QED) is 0.709. The number of fused-ring (bicyclic) bond motifs is 1. The Morgan fingerprint density at radius 3 is 2.86 bits per heavy atom. The average Bonchev–Trinajstić information content (AvgIpc) is 2.48. The van der Waals surface area contributed by atoms with Gasteiger partial charge in [0.15, 0.2) is 0 Å². The number of aryl methyl sites for hydroxylation is 1. The number of nitrogens with zero attached hydrogens (tertiary/aromatic N) is 1. The number of rotatable bonds is 0. The topological polar surface area (TPSA) is 49.8 Å². The first kappa shape index (κ1) is 9.54. The highest BCUT2D eigenvalue weighted by Gasteiger charge is 2.28. The second kappa shape index (κ2) is 3.29. The van der Waals surface area contributed by atoms with Crippen molar-refractivity contribution >= 4 is 16.3 Å². The van der Waals surface area contributed by atoms with E-state index in [0.29, 0.717) is 16.8 Å². The van der Waals surface area contributed by atoms with Gasteiger partial charge in [-0.3, -0.25) is 0 Å². The molecule has 2 atom stereocenters. The molecule has 1 aliphatic rings. The normalized spacial score (nSPS) is 25.5. The lowest BCUT2D eigenvalue weighted by molar-refractivity contribution is 0.430. The van der Waals surface area contributed by atoms with Crippen LogP contribution in [0.1, 0.15) is 42.2 Å². The molecule has 0 unspecified atom stereocenters. The minimum absolute atomic E-state index is 0.488. The van der Waals surface area contributed by atoms with Crippen LogP contribution in [0.2, 0.25) is 0 Å². The molecule has 0 bridgehead atoms. The van der Waals surface area contributed by atoms with Crippen molar-refractivity contribution < 1.29 is 0 Å². The molecule has 0 spiro atoms. The summed E-state index contributed by atoms with van der Waals surface area (Å²) in [7, 11) is 0. The van der Waals surface area contributed by atoms with Crippen molar-refractivity contribution in [2.24, 2.45) is 5.92 Å². The van der Waals surface area contributed by atoms with Gasteiger partial charge in [-0.25, -0.2) is 0 Å². The first-order chi connectivity index (χ1) is 6.65. The Morgan fingerprint density at radius 1 is 1.50 bits per heavy atom. The summed E-state index contributed by atoms with van der Waals surface area (Å²) in [5.74, 6) is 1.16. The number of nitriles is 1. The second-order valence-corrected chi connectivity index (χ2v) is 5.23. The molecule has 74 valence electrons. The minimum atomic E-state index is 0.488. The van der Waals surface area contributed by atoms with Crippen LogP contribution in [-0.2, 0) is 6.42 Å². The van der Waals surface area contributed by atoms with Crippen LogP contribution in [0.25, 0.3) is 0 Å². The summed E-state index contributed by atoms with van der Waals surface area (Å²) in [4.78, 5) is 1.34. The fraction of sp³-hybridized carbons (Fsp3) is 0.545. The van der Waals surface area contributed by atoms with Crippen molar-refractivity contribution in [1.82, 2.24) is 0 Å². The van der Waals surface area contributed by atoms with Crippen LogP contribution in [0.4, 0.5) is 5.00 Å². The molecule has 2 rings (SSSR count). The number of anilines is 1. The molecule has 0 amide bonds. The van der Waals surface area contributed by atoms with E-state index in [2.05, 4.69) is 19.9 Å². The van der Waals surface area contributed by atoms with Gasteiger partial charge in [-0.15, -0.1) is 11.3 Å². The van der Waals surface area contributed by atoms with Crippen molar-refractivity contribution in [3.8, 4) is 6.07 Å². The lowest BCUT2D eigenvalue weighted by Crippen LogP contribution is -2.14. The van der Waals surface area contributed by atoms with E-state index < -0.39 is 0 Å². The van der Waals surface area contributed by atoms with Gasteiger partial charge in [0.1, 0.15) is 11.1 Å². The summed E-state index contributed by atoms with van der Waals surface area (Å²) in [6.45, 7) is 4.46. The van der Waals surface area contributed by atoms with Crippen LogP contribution in [0.15, 0.2) is 0 Å². The predicted octanol–water partition coefficient (Wildman–Crippen LogP) is 2.89. The highest BCUT2D eigenvalue weighted by Crippen LogP contribution is 2.43. The molecular weight excluding hydrogens is 192 g/mol. The van der Waals surface area contributed by atoms with E-state index in [1.54, 1.807) is 11.3 Å². The summed E-state index contributed by atoms with van der Waals surface area (Å²) in [5.41, 5.74) is 7.81. The molecule has 0 radical (unpaired) electrons. The molecule has 2 N–H and O–H groups in total. The van der Waals surface area contributed by atoms with E-state index in [1.165, 1.54) is 16.9 Å². The van der Waals surface area contributed by atoms with Crippen LogP contribution < -0.4 is 5.73 Å². The molecule has 0 saturated heterocycles. The van der Waals surface area contributed by atoms with Crippen LogP contribution in [0.3, 0.4) is 0 Å². The van der Waals surface area contributed by atoms with E-state index >= 15 is 0 Å². The van der Waals surface area contributed by atoms with Crippen molar-refractivity contribution in [2.75, 3.05) is 5.73 Å². The van der Waals surface area contributed by atoms with Crippen molar-refractivity contribution in [2.45, 2.75) is 32.6 Å². The Bertz CT molecular complexity index is 400. The van der Waals surface area contributed by atoms with Crippen molar-refractivity contribution in [1.29, 1.82) is 5.26 Å². The summed E-state index contributed by atoms with van der Waals surface area (Å²) in [6, 6.07) is 2.24. The zero-order valence-corrected chi connectivity index (χ0v) is 9.32. The number of thiophene rings is 1. The van der Waals surface area contributed by atoms with Gasteiger partial charge in [0.2, 0.25) is 0 Å². The van der Waals surface area contributed by atoms with Gasteiger partial charge in [-0.05, 0) is 30.2 Å². The molecule has 0 aromatic carbocycles. The van der Waals surface area contributed by atoms with Gasteiger partial charge in [0, 0.05) is 4.88 Å². The third-order valence-corrected chi connectivity index (χ3v) is 4.39. The maximum absolute atomic E-state index is 9.04. The number of nitrogen functional groups attached to an aromatic ring is 1. The Hall–Kier alpha value is -1.01. The molecule has 3 heteroatoms. The monoisotopic (exact) mass is 206 g/mol. The molecule has 1 aliphatic carbocycles. The van der Waals surface area contributed by atoms with E-state index in [9.17, 15) is 0 Å². The fourth-order valence-electron chi connectivity index (χ4n) is 2.19. The largest absolute Gasteiger partial charge is 0.389 e. The van der Waals surface area contributed by atoms with Crippen LogP contribution in [0, 0.1) is 17.2 Å². The Labute approximate surface area is 88.4 Å². The summed E-state index contributed by atoms with van der Waals surface area (Å²) in [6.07, 6.45) is 2.32. The number of hydrogen-bond acceptors (Lipinski definition) is 3. The number of hydrogen-bond donors (Lipinski definition) is 1. The first-order valence-corrected chi connectivity index (χ1v) is 5.78. The van der Waals surface area contributed by atoms with Gasteiger partial charge in [0.05, 0.1) is 5.56 Å². The Kier molecular flexibility index (Phi) is 2.24. The van der Waals surface area contributed by atoms with Gasteiger partial charge in [-0.1, -0.05) is 13.8 Å². The predicted molar refractivity (Wildman–Crippen MR) is 59.3 cm³/mol. The maximum atomic E-state index is 9.04. The first-order valence-electron chi connectivity index (χ1n) is 4.96. The third kappa shape index (κ3) is 1.22. The third-order valence-electron chi connectivity index (χ3n) is 3.30. The molecule has 0 saturated carbocycles. The Balaban J connectivity index is 2.58. The van der Waals surface area contributed by atoms with Crippen molar-refractivity contribution in [3.05, 3.63) is 16.0 Å². The molecule has 14 heavy (non-hydrogen) atoms. The van der Waals surface area contributed by atoms with Crippen molar-refractivity contribution in [3.63, 3.8) is 0 Å². The smallest absolute Gasteiger partial charge is 0.104 e. The van der Waals surface area contributed by atoms with E-state index in [1.807, 2.05) is 0 Å². The van der Waals surface area contributed by atoms with Crippen LogP contribution in [0.5, 0.6) is 0 Å². The van der Waals surface area contributed by atoms with Gasteiger partial charge in [0.25, 0.3) is 0 Å². The SMILES string of the molecule is C[C@H]1CCc2sc(N)c(C#N)c2[C@@H]1C. The lowest BCUT2D eigenvalue weighted by atomic mass is 9.79. The van der Waals surface area contributed by atoms with Gasteiger partial charge >= 0.3 is 0 Å². The molecule has 1 aromatic rings. The van der Waals surface area contributed by atoms with Gasteiger partial charge < -0.3 is 5.73 Å². The fourth-order valence-corrected chi connectivity index (χ4v) is 3.33. The lowest BCUT2D eigenvalue weighted by Gasteiger charge is -2.26. The molecule has 0 aliphatic heterocycles.